The number of oxime groups is 1. The summed E-state index contributed by atoms with van der Waals surface area (Å²) >= 11 is 0. The Labute approximate surface area is 389 Å². The van der Waals surface area contributed by atoms with Crippen LogP contribution in [0, 0.1) is 17.8 Å². The number of ether oxygens (including phenoxy) is 4. The smallest absolute Gasteiger partial charge is 0.239 e. The van der Waals surface area contributed by atoms with Crippen LogP contribution >= 0.6 is 0 Å². The summed E-state index contributed by atoms with van der Waals surface area (Å²) in [6.45, 7) is 10.0. The highest BCUT2D eigenvalue weighted by Gasteiger charge is 2.65. The molecule has 2 heterocycles. The van der Waals surface area contributed by atoms with Crippen LogP contribution in [-0.4, -0.2) is 84.1 Å². The van der Waals surface area contributed by atoms with E-state index in [0.717, 1.165) is 93.8 Å². The van der Waals surface area contributed by atoms with Gasteiger partial charge in [-0.3, -0.25) is 9.59 Å². The van der Waals surface area contributed by atoms with Crippen molar-refractivity contribution < 1.29 is 43.6 Å². The monoisotopic (exact) mass is 899 g/mol. The molecule has 2 aliphatic carbocycles. The number of allylic oxidation sites excluding steroid dienone is 1. The fourth-order valence-corrected chi connectivity index (χ4v) is 10.8. The van der Waals surface area contributed by atoms with Gasteiger partial charge in [-0.05, 0) is 99.1 Å². The summed E-state index contributed by atoms with van der Waals surface area (Å²) in [5.74, 6) is 0.202. The average molecular weight is 899 g/mol. The zero-order valence-corrected chi connectivity index (χ0v) is 39.5. The summed E-state index contributed by atoms with van der Waals surface area (Å²) in [5.41, 5.74) is 3.27. The van der Waals surface area contributed by atoms with Crippen molar-refractivity contribution in [1.82, 2.24) is 4.90 Å². The zero-order valence-electron chi connectivity index (χ0n) is 39.5. The second-order valence-corrected chi connectivity index (χ2v) is 18.6. The first kappa shape index (κ1) is 50.4. The Morgan fingerprint density at radius 2 is 1.66 bits per heavy atom. The van der Waals surface area contributed by atoms with E-state index in [1.54, 1.807) is 24.3 Å². The Morgan fingerprint density at radius 1 is 0.908 bits per heavy atom. The summed E-state index contributed by atoms with van der Waals surface area (Å²) < 4.78 is 27.1. The first-order valence-electron chi connectivity index (χ1n) is 25.3. The standard InChI is InChI=1S/C54H78N2O9/c1-4-7-8-9-10-11-12-13-14-26-50(60)56(30-5-2)49-38-47(55-65-51-27-17-20-34-61-51)45-36-41(23-15-18-31-57)44(25-16-19-32-58)52-46-37-43(63-42-24-21-22-40(35-42)39-59)28-29-48(46)64-54(49,53(45)52)62-33-6-3/h6,21-22,24,28-29,35-37,39,41,44,49,51-53,57-58H,3-5,7-20,23,25-27,30-34,38H2,1-2H3/t41-,44+,49-,51?,52+,53+,54+/m0/s1. The maximum Gasteiger partial charge on any atom is 0.239 e. The predicted molar refractivity (Wildman–Crippen MR) is 255 cm³/mol. The van der Waals surface area contributed by atoms with E-state index in [1.165, 1.54) is 38.5 Å². The summed E-state index contributed by atoms with van der Waals surface area (Å²) in [4.78, 5) is 34.9. The van der Waals surface area contributed by atoms with Gasteiger partial charge in [0.1, 0.15) is 29.6 Å². The molecule has 11 heteroatoms. The van der Waals surface area contributed by atoms with Crippen LogP contribution in [0.5, 0.6) is 17.2 Å². The first-order chi connectivity index (χ1) is 31.9. The second kappa shape index (κ2) is 26.3. The zero-order chi connectivity index (χ0) is 45.9. The molecule has 1 amide bonds. The SMILES string of the molecule is C=CCO[C@@]12Oc3ccc(Oc4cccc(C=O)c4)cc3[C@H]3[C@H](CCCCO)[C@@H](CCCCO)C=C(C(=NOC4CCCCO4)C[C@@H]1N(CCC)C(=O)CCCCCCCCCCC)[C@H]32. The van der Waals surface area contributed by atoms with Crippen LogP contribution in [0.3, 0.4) is 0 Å². The first-order valence-corrected chi connectivity index (χ1v) is 25.3. The van der Waals surface area contributed by atoms with Gasteiger partial charge in [0.05, 0.1) is 24.8 Å². The molecule has 7 atom stereocenters. The molecular weight excluding hydrogens is 821 g/mol. The maximum atomic E-state index is 14.8. The third-order valence-electron chi connectivity index (χ3n) is 13.9. The van der Waals surface area contributed by atoms with E-state index in [4.69, 9.17) is 28.9 Å². The molecule has 0 bridgehead atoms. The number of hydrogen-bond acceptors (Lipinski definition) is 10. The van der Waals surface area contributed by atoms with Crippen LogP contribution in [0.2, 0.25) is 0 Å². The Kier molecular flexibility index (Phi) is 20.4. The molecule has 0 radical (unpaired) electrons. The molecule has 65 heavy (non-hydrogen) atoms. The van der Waals surface area contributed by atoms with Gasteiger partial charge in [-0.25, -0.2) is 0 Å². The maximum absolute atomic E-state index is 14.8. The number of rotatable bonds is 29. The van der Waals surface area contributed by atoms with Crippen LogP contribution < -0.4 is 9.47 Å². The van der Waals surface area contributed by atoms with E-state index < -0.39 is 24.0 Å². The lowest BCUT2D eigenvalue weighted by Gasteiger charge is -2.60. The average Bonchev–Trinajstić information content (AvgIpc) is 3.33. The number of aliphatic hydroxyl groups excluding tert-OH is 2. The van der Waals surface area contributed by atoms with Gasteiger partial charge >= 0.3 is 0 Å². The summed E-state index contributed by atoms with van der Waals surface area (Å²) in [6, 6.07) is 12.5. The van der Waals surface area contributed by atoms with Gasteiger partial charge in [0.2, 0.25) is 18.0 Å². The Morgan fingerprint density at radius 3 is 2.37 bits per heavy atom. The highest BCUT2D eigenvalue weighted by Crippen LogP contribution is 2.62. The molecule has 6 rings (SSSR count). The second-order valence-electron chi connectivity index (χ2n) is 18.6. The Bertz CT molecular complexity index is 1860. The minimum Gasteiger partial charge on any atom is -0.459 e. The third kappa shape index (κ3) is 13.1. The minimum atomic E-state index is -1.31. The third-order valence-corrected chi connectivity index (χ3v) is 13.9. The van der Waals surface area contributed by atoms with Crippen LogP contribution in [0.25, 0.3) is 0 Å². The van der Waals surface area contributed by atoms with Crippen molar-refractivity contribution in [3.8, 4) is 17.2 Å². The fourth-order valence-electron chi connectivity index (χ4n) is 10.8. The van der Waals surface area contributed by atoms with Gasteiger partial charge in [0, 0.05) is 56.1 Å². The van der Waals surface area contributed by atoms with Crippen molar-refractivity contribution in [2.45, 2.75) is 173 Å². The van der Waals surface area contributed by atoms with Crippen molar-refractivity contribution in [2.24, 2.45) is 22.9 Å². The molecule has 2 aliphatic heterocycles. The van der Waals surface area contributed by atoms with E-state index in [9.17, 15) is 19.8 Å². The topological polar surface area (TPSA) is 136 Å². The lowest BCUT2D eigenvalue weighted by atomic mass is 9.55. The fraction of sp³-hybridized carbons (Fsp3) is 0.648. The lowest BCUT2D eigenvalue weighted by molar-refractivity contribution is -0.257. The van der Waals surface area contributed by atoms with Gasteiger partial charge < -0.3 is 38.9 Å². The molecule has 2 fully saturated rings. The number of hydrogen-bond donors (Lipinski definition) is 2. The van der Waals surface area contributed by atoms with E-state index in [2.05, 4.69) is 32.6 Å². The molecule has 11 nitrogen and oxygen atoms in total. The van der Waals surface area contributed by atoms with E-state index in [1.807, 2.05) is 23.1 Å². The van der Waals surface area contributed by atoms with Gasteiger partial charge in [0.15, 0.2) is 0 Å². The predicted octanol–water partition coefficient (Wildman–Crippen LogP) is 11.6. The highest BCUT2D eigenvalue weighted by molar-refractivity contribution is 6.03. The van der Waals surface area contributed by atoms with Crippen LogP contribution in [0.4, 0.5) is 0 Å². The number of carbonyl (C=O) groups excluding carboxylic acids is 2. The normalized spacial score (nSPS) is 25.2. The molecule has 2 aromatic carbocycles. The largest absolute Gasteiger partial charge is 0.459 e. The number of carbonyl (C=O) groups is 2. The molecule has 1 unspecified atom stereocenters. The van der Waals surface area contributed by atoms with Gasteiger partial charge in [-0.2, -0.15) is 0 Å². The molecule has 4 aliphatic rings. The highest BCUT2D eigenvalue weighted by atomic mass is 16.8. The van der Waals surface area contributed by atoms with Crippen LogP contribution in [0.1, 0.15) is 171 Å². The number of fused-ring (bicyclic) bond motifs is 2. The van der Waals surface area contributed by atoms with Crippen molar-refractivity contribution in [2.75, 3.05) is 33.0 Å². The summed E-state index contributed by atoms with van der Waals surface area (Å²) in [6.07, 6.45) is 24.1. The Hall–Kier alpha value is -4.03. The summed E-state index contributed by atoms with van der Waals surface area (Å²) in [5, 5.41) is 25.0. The summed E-state index contributed by atoms with van der Waals surface area (Å²) in [7, 11) is 0. The van der Waals surface area contributed by atoms with Crippen molar-refractivity contribution in [1.29, 1.82) is 0 Å². The van der Waals surface area contributed by atoms with Gasteiger partial charge in [-0.15, -0.1) is 6.58 Å². The molecule has 2 aromatic rings. The number of amides is 1. The van der Waals surface area contributed by atoms with Crippen LogP contribution in [-0.2, 0) is 19.1 Å². The number of aliphatic hydroxyl groups is 2. The number of unbranched alkanes of at least 4 members (excludes halogenated alkanes) is 10. The number of benzene rings is 2. The Balaban J connectivity index is 1.47. The van der Waals surface area contributed by atoms with E-state index >= 15 is 0 Å². The molecular formula is C54H78N2O9. The van der Waals surface area contributed by atoms with E-state index in [-0.39, 0.29) is 43.5 Å². The van der Waals surface area contributed by atoms with Crippen molar-refractivity contribution in [3.63, 3.8) is 0 Å². The van der Waals surface area contributed by atoms with Crippen molar-refractivity contribution >= 4 is 17.9 Å². The minimum absolute atomic E-state index is 0.0804. The molecule has 1 saturated carbocycles. The molecule has 358 valence electrons. The number of nitrogens with zero attached hydrogens (tertiary/aromatic N) is 2. The molecule has 2 N–H and O–H groups in total. The van der Waals surface area contributed by atoms with Gasteiger partial charge in [0.25, 0.3) is 0 Å². The van der Waals surface area contributed by atoms with Crippen LogP contribution in [0.15, 0.2) is 71.9 Å². The van der Waals surface area contributed by atoms with Gasteiger partial charge in [-0.1, -0.05) is 107 Å². The number of aldehydes is 1. The quantitative estimate of drug-likeness (QED) is 0.0354. The molecule has 0 aromatic heterocycles. The van der Waals surface area contributed by atoms with E-state index in [0.29, 0.717) is 61.6 Å². The lowest BCUT2D eigenvalue weighted by Crippen LogP contribution is -2.70. The molecule has 0 spiro atoms. The molecule has 1 saturated heterocycles. The van der Waals surface area contributed by atoms with Crippen molar-refractivity contribution in [3.05, 3.63) is 77.9 Å².